The summed E-state index contributed by atoms with van der Waals surface area (Å²) >= 11 is 0. The number of aliphatic hydroxyl groups is 2. The predicted octanol–water partition coefficient (Wildman–Crippen LogP) is -2.60. The molecule has 0 radical (unpaired) electrons. The molecule has 0 amide bonds. The highest BCUT2D eigenvalue weighted by atomic mass is 16.5. The van der Waals surface area contributed by atoms with Gasteiger partial charge in [0, 0.05) is 5.56 Å². The van der Waals surface area contributed by atoms with Crippen LogP contribution in [-0.2, 0) is 0 Å². The highest BCUT2D eigenvalue weighted by Crippen LogP contribution is 2.12. The van der Waals surface area contributed by atoms with Gasteiger partial charge in [0.2, 0.25) is 0 Å². The van der Waals surface area contributed by atoms with Crippen LogP contribution in [0.5, 0.6) is 5.75 Å². The Balaban J connectivity index is 1.69. The Morgan fingerprint density at radius 3 is 2.35 bits per heavy atom. The molecule has 128 valence electrons. The van der Waals surface area contributed by atoms with Crippen molar-refractivity contribution in [2.24, 2.45) is 0 Å². The lowest BCUT2D eigenvalue weighted by molar-refractivity contribution is -1.01. The predicted molar refractivity (Wildman–Crippen MR) is 86.2 cm³/mol. The van der Waals surface area contributed by atoms with Crippen molar-refractivity contribution in [1.29, 1.82) is 0 Å². The smallest absolute Gasteiger partial charge is 0.159 e. The number of piperazine rings is 1. The number of carbonyl (C=O) groups excluding carboxylic acids is 1. The van der Waals surface area contributed by atoms with Gasteiger partial charge in [0.05, 0.1) is 6.61 Å². The Bertz CT molecular complexity index is 484. The second-order valence-electron chi connectivity index (χ2n) is 6.22. The van der Waals surface area contributed by atoms with E-state index in [9.17, 15) is 9.90 Å². The standard InChI is InChI=1S/C17H26N2O4/c1-14(21)15-2-4-17(5-3-15)23-13-16(22)12-19-8-6-18(7-9-19)10-11-20/h2-5,16,20,22H,6-13H2,1H3/p+2/t16-/m0/s1. The highest BCUT2D eigenvalue weighted by molar-refractivity contribution is 5.94. The maximum absolute atomic E-state index is 11.2. The van der Waals surface area contributed by atoms with Crippen LogP contribution in [0.3, 0.4) is 0 Å². The molecule has 1 aromatic carbocycles. The fourth-order valence-electron chi connectivity index (χ4n) is 2.94. The number of Topliss-reactive ketones (excluding diaryl/α,β-unsaturated/α-hetero) is 1. The lowest BCUT2D eigenvalue weighted by Gasteiger charge is -2.30. The van der Waals surface area contributed by atoms with E-state index in [1.54, 1.807) is 24.3 Å². The summed E-state index contributed by atoms with van der Waals surface area (Å²) in [6, 6.07) is 6.98. The molecular formula is C17H28N2O4+2. The van der Waals surface area contributed by atoms with Crippen LogP contribution >= 0.6 is 0 Å². The Hall–Kier alpha value is -1.47. The summed E-state index contributed by atoms with van der Waals surface area (Å²) in [5, 5.41) is 19.1. The Kier molecular flexibility index (Phi) is 6.98. The van der Waals surface area contributed by atoms with Gasteiger partial charge in [0.25, 0.3) is 0 Å². The molecule has 1 aliphatic rings. The summed E-state index contributed by atoms with van der Waals surface area (Å²) < 4.78 is 5.59. The van der Waals surface area contributed by atoms with Crippen molar-refractivity contribution in [2.75, 3.05) is 52.5 Å². The fourth-order valence-corrected chi connectivity index (χ4v) is 2.94. The van der Waals surface area contributed by atoms with Crippen LogP contribution < -0.4 is 14.5 Å². The summed E-state index contributed by atoms with van der Waals surface area (Å²) in [4.78, 5) is 14.0. The maximum atomic E-state index is 11.2. The molecule has 1 aromatic rings. The molecular weight excluding hydrogens is 296 g/mol. The van der Waals surface area contributed by atoms with Crippen LogP contribution in [0.25, 0.3) is 0 Å². The minimum atomic E-state index is -0.503. The summed E-state index contributed by atoms with van der Waals surface area (Å²) in [5.74, 6) is 0.698. The first-order valence-electron chi connectivity index (χ1n) is 8.28. The van der Waals surface area contributed by atoms with E-state index in [1.165, 1.54) is 16.7 Å². The first-order valence-corrected chi connectivity index (χ1v) is 8.28. The molecule has 1 fully saturated rings. The first kappa shape index (κ1) is 17.9. The van der Waals surface area contributed by atoms with E-state index in [-0.39, 0.29) is 19.0 Å². The molecule has 1 aliphatic heterocycles. The Labute approximate surface area is 137 Å². The van der Waals surface area contributed by atoms with Crippen LogP contribution in [0.1, 0.15) is 17.3 Å². The van der Waals surface area contributed by atoms with Crippen LogP contribution in [0.2, 0.25) is 0 Å². The van der Waals surface area contributed by atoms with Crippen molar-refractivity contribution in [3.05, 3.63) is 29.8 Å². The SMILES string of the molecule is CC(=O)c1ccc(OC[C@@H](O)C[NH+]2CC[NH+](CCO)CC2)cc1. The third kappa shape index (κ3) is 5.91. The van der Waals surface area contributed by atoms with E-state index in [0.29, 0.717) is 17.9 Å². The minimum absolute atomic E-state index is 0.0302. The number of rotatable bonds is 8. The lowest BCUT2D eigenvalue weighted by atomic mass is 10.1. The summed E-state index contributed by atoms with van der Waals surface area (Å²) in [7, 11) is 0. The number of ketones is 1. The van der Waals surface area contributed by atoms with Crippen molar-refractivity contribution in [3.63, 3.8) is 0 Å². The zero-order chi connectivity index (χ0) is 16.7. The molecule has 4 N–H and O–H groups in total. The van der Waals surface area contributed by atoms with E-state index in [4.69, 9.17) is 9.84 Å². The van der Waals surface area contributed by atoms with Gasteiger partial charge in [-0.25, -0.2) is 0 Å². The van der Waals surface area contributed by atoms with E-state index in [2.05, 4.69) is 0 Å². The molecule has 0 bridgehead atoms. The molecule has 1 heterocycles. The van der Waals surface area contributed by atoms with Gasteiger partial charge in [0.1, 0.15) is 57.7 Å². The van der Waals surface area contributed by atoms with Gasteiger partial charge in [-0.3, -0.25) is 4.79 Å². The average Bonchev–Trinajstić information content (AvgIpc) is 2.55. The Morgan fingerprint density at radius 1 is 1.17 bits per heavy atom. The van der Waals surface area contributed by atoms with Crippen LogP contribution in [-0.4, -0.2) is 74.6 Å². The molecule has 6 heteroatoms. The van der Waals surface area contributed by atoms with Crippen LogP contribution in [0.15, 0.2) is 24.3 Å². The number of carbonyl (C=O) groups is 1. The second-order valence-corrected chi connectivity index (χ2v) is 6.22. The van der Waals surface area contributed by atoms with E-state index < -0.39 is 6.10 Å². The molecule has 1 saturated heterocycles. The average molecular weight is 324 g/mol. The van der Waals surface area contributed by atoms with Gasteiger partial charge in [-0.1, -0.05) is 0 Å². The zero-order valence-electron chi connectivity index (χ0n) is 13.8. The Morgan fingerprint density at radius 2 is 1.78 bits per heavy atom. The quantitative estimate of drug-likeness (QED) is 0.396. The molecule has 0 aromatic heterocycles. The first-order chi connectivity index (χ1) is 11.1. The molecule has 0 saturated carbocycles. The number of hydrogen-bond donors (Lipinski definition) is 4. The summed E-state index contributed by atoms with van der Waals surface area (Å²) in [6.45, 7) is 7.63. The normalized spacial score (nSPS) is 22.6. The molecule has 6 nitrogen and oxygen atoms in total. The van der Waals surface area contributed by atoms with Gasteiger partial charge in [-0.15, -0.1) is 0 Å². The number of nitrogens with one attached hydrogen (secondary N) is 2. The van der Waals surface area contributed by atoms with Crippen LogP contribution in [0, 0.1) is 0 Å². The topological polar surface area (TPSA) is 75.6 Å². The largest absolute Gasteiger partial charge is 0.491 e. The summed E-state index contributed by atoms with van der Waals surface area (Å²) in [6.07, 6.45) is -0.503. The minimum Gasteiger partial charge on any atom is -0.491 e. The van der Waals surface area contributed by atoms with Crippen molar-refractivity contribution in [2.45, 2.75) is 13.0 Å². The third-order valence-electron chi connectivity index (χ3n) is 4.36. The highest BCUT2D eigenvalue weighted by Gasteiger charge is 2.24. The van der Waals surface area contributed by atoms with Crippen molar-refractivity contribution < 1.29 is 29.5 Å². The number of benzene rings is 1. The van der Waals surface area contributed by atoms with Crippen LogP contribution in [0.4, 0.5) is 0 Å². The van der Waals surface area contributed by atoms with Gasteiger partial charge < -0.3 is 24.7 Å². The van der Waals surface area contributed by atoms with Gasteiger partial charge in [-0.05, 0) is 31.2 Å². The molecule has 0 spiro atoms. The zero-order valence-corrected chi connectivity index (χ0v) is 13.8. The molecule has 2 rings (SSSR count). The molecule has 1 atom stereocenters. The van der Waals surface area contributed by atoms with Gasteiger partial charge in [0.15, 0.2) is 5.78 Å². The lowest BCUT2D eigenvalue weighted by Crippen LogP contribution is -3.28. The number of ether oxygens (including phenoxy) is 1. The van der Waals surface area contributed by atoms with Crippen molar-refractivity contribution in [3.8, 4) is 5.75 Å². The van der Waals surface area contributed by atoms with Gasteiger partial charge >= 0.3 is 0 Å². The monoisotopic (exact) mass is 324 g/mol. The fraction of sp³-hybridized carbons (Fsp3) is 0.588. The molecule has 0 unspecified atom stereocenters. The van der Waals surface area contributed by atoms with E-state index in [0.717, 1.165) is 32.7 Å². The van der Waals surface area contributed by atoms with Crippen molar-refractivity contribution in [1.82, 2.24) is 0 Å². The second kappa shape index (κ2) is 8.98. The molecule has 0 aliphatic carbocycles. The van der Waals surface area contributed by atoms with Crippen molar-refractivity contribution >= 4 is 5.78 Å². The van der Waals surface area contributed by atoms with Gasteiger partial charge in [-0.2, -0.15) is 0 Å². The number of quaternary nitrogens is 2. The summed E-state index contributed by atoms with van der Waals surface area (Å²) in [5.41, 5.74) is 0.658. The third-order valence-corrected chi connectivity index (χ3v) is 4.36. The number of aliphatic hydroxyl groups excluding tert-OH is 2. The van der Waals surface area contributed by atoms with E-state index in [1.807, 2.05) is 0 Å². The maximum Gasteiger partial charge on any atom is 0.159 e. The number of hydrogen-bond acceptors (Lipinski definition) is 4. The molecule has 23 heavy (non-hydrogen) atoms. The van der Waals surface area contributed by atoms with E-state index >= 15 is 0 Å².